The summed E-state index contributed by atoms with van der Waals surface area (Å²) in [6, 6.07) is 6.47. The van der Waals surface area contributed by atoms with E-state index in [4.69, 9.17) is 4.43 Å². The predicted molar refractivity (Wildman–Crippen MR) is 130 cm³/mol. The van der Waals surface area contributed by atoms with Gasteiger partial charge in [-0.05, 0) is 61.3 Å². The molecule has 0 aromatic heterocycles. The monoisotopic (exact) mass is 503 g/mol. The van der Waals surface area contributed by atoms with Gasteiger partial charge in [0.1, 0.15) is 11.4 Å². The molecular weight excluding hydrogens is 474 g/mol. The van der Waals surface area contributed by atoms with Crippen molar-refractivity contribution >= 4 is 49.9 Å². The molecule has 0 saturated carbocycles. The lowest BCUT2D eigenvalue weighted by molar-refractivity contribution is -0.159. The van der Waals surface area contributed by atoms with Crippen molar-refractivity contribution in [3.63, 3.8) is 0 Å². The SMILES string of the molecule is C=C(C)C(C(=O)O[Si](C)(C)C)N1C(=O)C(NC(C)=O)C1SN1C(=O)CCC1=O.c1cc2cc-2c1. The minimum atomic E-state index is -2.23. The number of carbonyl (C=O) groups excluding carboxylic acids is 5. The lowest BCUT2D eigenvalue weighted by Gasteiger charge is -2.50. The number of rotatable bonds is 7. The Morgan fingerprint density at radius 3 is 2.06 bits per heavy atom. The first-order valence-electron chi connectivity index (χ1n) is 10.9. The first-order valence-corrected chi connectivity index (χ1v) is 15.1. The smallest absolute Gasteiger partial charge is 0.319 e. The number of nitrogens with one attached hydrogen (secondary N) is 1. The average molecular weight is 504 g/mol. The van der Waals surface area contributed by atoms with Crippen molar-refractivity contribution < 1.29 is 28.4 Å². The van der Waals surface area contributed by atoms with Gasteiger partial charge < -0.3 is 14.6 Å². The van der Waals surface area contributed by atoms with Crippen molar-refractivity contribution in [3.8, 4) is 11.1 Å². The van der Waals surface area contributed by atoms with E-state index in [2.05, 4.69) is 36.2 Å². The van der Waals surface area contributed by atoms with Crippen molar-refractivity contribution in [2.45, 2.75) is 63.8 Å². The summed E-state index contributed by atoms with van der Waals surface area (Å²) in [4.78, 5) is 62.2. The highest BCUT2D eigenvalue weighted by Gasteiger charge is 2.56. The number of β-lactam (4-membered cyclic amide) rings is 1. The molecule has 4 rings (SSSR count). The summed E-state index contributed by atoms with van der Waals surface area (Å²) in [6.07, 6.45) is 0.192. The third-order valence-corrected chi connectivity index (χ3v) is 7.29. The summed E-state index contributed by atoms with van der Waals surface area (Å²) in [5.74, 6) is -2.27. The van der Waals surface area contributed by atoms with Gasteiger partial charge >= 0.3 is 5.97 Å². The molecule has 2 aliphatic heterocycles. The molecule has 2 aliphatic carbocycles. The first kappa shape index (κ1) is 25.7. The quantitative estimate of drug-likeness (QED) is 0.203. The Morgan fingerprint density at radius 1 is 1.12 bits per heavy atom. The van der Waals surface area contributed by atoms with E-state index in [-0.39, 0.29) is 24.7 Å². The van der Waals surface area contributed by atoms with Crippen LogP contribution in [0.5, 0.6) is 0 Å². The highest BCUT2D eigenvalue weighted by Crippen LogP contribution is 2.38. The summed E-state index contributed by atoms with van der Waals surface area (Å²) >= 11 is 0.840. The van der Waals surface area contributed by atoms with Crippen LogP contribution in [0.2, 0.25) is 19.6 Å². The molecule has 9 nitrogen and oxygen atoms in total. The Balaban J connectivity index is 0.000000457. The number of imide groups is 1. The van der Waals surface area contributed by atoms with Crippen LogP contribution in [0.15, 0.2) is 36.4 Å². The number of fused-ring (bicyclic) bond motifs is 1. The molecular formula is C23H29N3O6SSi. The highest BCUT2D eigenvalue weighted by molar-refractivity contribution is 7.98. The van der Waals surface area contributed by atoms with Crippen LogP contribution < -0.4 is 5.32 Å². The molecule has 0 spiro atoms. The number of hydrogen-bond acceptors (Lipinski definition) is 7. The Bertz CT molecular complexity index is 1040. The van der Waals surface area contributed by atoms with E-state index < -0.39 is 43.6 Å². The second kappa shape index (κ2) is 9.75. The van der Waals surface area contributed by atoms with Gasteiger partial charge in [0, 0.05) is 19.8 Å². The largest absolute Gasteiger partial charge is 0.518 e. The molecule has 0 aromatic carbocycles. The molecule has 34 heavy (non-hydrogen) atoms. The van der Waals surface area contributed by atoms with Crippen LogP contribution in [0.4, 0.5) is 0 Å². The number of likely N-dealkylation sites (tertiary alicyclic amines) is 1. The van der Waals surface area contributed by atoms with Crippen LogP contribution in [0.25, 0.3) is 11.1 Å². The molecule has 0 radical (unpaired) electrons. The van der Waals surface area contributed by atoms with Crippen molar-refractivity contribution in [1.82, 2.24) is 14.5 Å². The summed E-state index contributed by atoms with van der Waals surface area (Å²) < 4.78 is 6.54. The molecule has 2 fully saturated rings. The van der Waals surface area contributed by atoms with Gasteiger partial charge in [0.05, 0.1) is 0 Å². The highest BCUT2D eigenvalue weighted by atomic mass is 32.2. The summed E-state index contributed by atoms with van der Waals surface area (Å²) in [5.41, 5.74) is 3.24. The molecule has 2 saturated heterocycles. The standard InChI is InChI=1S/C17H25N3O6SSi.C6H4/c1-9(2)14(17(25)26-28(4,5)6)19-15(24)13(18-10(3)21)16(19)27-20-11(22)7-8-12(20)23;1-2-5-4-6(5)3-1/h13-14,16H,1,7-8H2,2-6H3,(H,18,21);1-4H. The van der Waals surface area contributed by atoms with Gasteiger partial charge in [-0.1, -0.05) is 24.8 Å². The Hall–Kier alpha value is -2.92. The summed E-state index contributed by atoms with van der Waals surface area (Å²) in [7, 11) is -2.23. The number of hydrogen-bond donors (Lipinski definition) is 1. The maximum absolute atomic E-state index is 12.7. The fourth-order valence-electron chi connectivity index (χ4n) is 3.59. The normalized spacial score (nSPS) is 21.3. The van der Waals surface area contributed by atoms with Gasteiger partial charge in [0.2, 0.25) is 31.9 Å². The van der Waals surface area contributed by atoms with Gasteiger partial charge in [-0.25, -0.2) is 4.31 Å². The van der Waals surface area contributed by atoms with Gasteiger partial charge in [-0.15, -0.1) is 0 Å². The maximum atomic E-state index is 12.7. The molecule has 2 heterocycles. The van der Waals surface area contributed by atoms with E-state index in [9.17, 15) is 24.0 Å². The van der Waals surface area contributed by atoms with E-state index in [0.717, 1.165) is 16.3 Å². The molecule has 3 unspecified atom stereocenters. The van der Waals surface area contributed by atoms with Crippen molar-refractivity contribution in [2.75, 3.05) is 0 Å². The first-order chi connectivity index (χ1) is 15.8. The Labute approximate surface area is 204 Å². The van der Waals surface area contributed by atoms with Gasteiger partial charge in [0.25, 0.3) is 0 Å². The van der Waals surface area contributed by atoms with Crippen LogP contribution in [0, 0.1) is 0 Å². The van der Waals surface area contributed by atoms with Gasteiger partial charge in [0.15, 0.2) is 6.04 Å². The van der Waals surface area contributed by atoms with Crippen LogP contribution in [0.1, 0.15) is 26.7 Å². The zero-order valence-electron chi connectivity index (χ0n) is 19.9. The second-order valence-electron chi connectivity index (χ2n) is 9.36. The van der Waals surface area contributed by atoms with Crippen LogP contribution in [0.3, 0.4) is 0 Å². The lowest BCUT2D eigenvalue weighted by atomic mass is 9.99. The topological polar surface area (TPSA) is 113 Å². The van der Waals surface area contributed by atoms with Gasteiger partial charge in [-0.2, -0.15) is 0 Å². The predicted octanol–water partition coefficient (Wildman–Crippen LogP) is 2.45. The van der Waals surface area contributed by atoms with Crippen molar-refractivity contribution in [1.29, 1.82) is 0 Å². The van der Waals surface area contributed by atoms with E-state index in [1.165, 1.54) is 23.0 Å². The van der Waals surface area contributed by atoms with Crippen LogP contribution in [-0.4, -0.2) is 64.6 Å². The average Bonchev–Trinajstić information content (AvgIpc) is 3.18. The minimum Gasteiger partial charge on any atom is -0.518 e. The van der Waals surface area contributed by atoms with E-state index in [1.807, 2.05) is 19.6 Å². The molecule has 1 N–H and O–H groups in total. The fraction of sp³-hybridized carbons (Fsp3) is 0.435. The molecule has 3 atom stereocenters. The van der Waals surface area contributed by atoms with Crippen molar-refractivity contribution in [2.24, 2.45) is 0 Å². The second-order valence-corrected chi connectivity index (χ2v) is 14.9. The summed E-state index contributed by atoms with van der Waals surface area (Å²) in [6.45, 7) is 12.2. The summed E-state index contributed by atoms with van der Waals surface area (Å²) in [5, 5.41) is 1.71. The zero-order valence-corrected chi connectivity index (χ0v) is 21.7. The molecule has 182 valence electrons. The number of amides is 4. The number of benzene rings is 1. The molecule has 11 heteroatoms. The lowest BCUT2D eigenvalue weighted by Crippen LogP contribution is -2.73. The Morgan fingerprint density at radius 2 is 1.68 bits per heavy atom. The van der Waals surface area contributed by atoms with Gasteiger partial charge in [-0.3, -0.25) is 24.0 Å². The van der Waals surface area contributed by atoms with Crippen LogP contribution in [-0.2, 0) is 28.4 Å². The fourth-order valence-corrected chi connectivity index (χ4v) is 5.57. The Kier molecular flexibility index (Phi) is 7.37. The van der Waals surface area contributed by atoms with E-state index in [1.54, 1.807) is 6.92 Å². The maximum Gasteiger partial charge on any atom is 0.319 e. The molecule has 0 bridgehead atoms. The number of nitrogens with zero attached hydrogens (tertiary/aromatic N) is 2. The third kappa shape index (κ3) is 5.76. The number of carbonyl (C=O) groups is 5. The van der Waals surface area contributed by atoms with Crippen LogP contribution >= 0.6 is 11.9 Å². The molecule has 0 aromatic rings. The van der Waals surface area contributed by atoms with Crippen molar-refractivity contribution in [3.05, 3.63) is 36.4 Å². The third-order valence-electron chi connectivity index (χ3n) is 5.15. The zero-order chi connectivity index (χ0) is 25.4. The molecule has 4 amide bonds. The van der Waals surface area contributed by atoms with E-state index in [0.29, 0.717) is 5.57 Å². The minimum absolute atomic E-state index is 0.0961. The van der Waals surface area contributed by atoms with E-state index >= 15 is 0 Å². The molecule has 4 aliphatic rings.